The predicted molar refractivity (Wildman–Crippen MR) is 68.5 cm³/mol. The molecule has 2 heterocycles. The number of carbonyl (C=O) groups is 1. The standard InChI is InChI=1S/C12H18N2O3S/c1-12(2,3)17-11(15)14-5-8-10(18-7-13-8)9(6-14)16-4/h7,9H,5-6H2,1-4H3. The molecule has 0 bridgehead atoms. The smallest absolute Gasteiger partial charge is 0.410 e. The molecule has 0 radical (unpaired) electrons. The normalized spacial score (nSPS) is 19.6. The zero-order valence-electron chi connectivity index (χ0n) is 11.1. The van der Waals surface area contributed by atoms with Crippen molar-refractivity contribution in [3.05, 3.63) is 16.1 Å². The molecule has 6 heteroatoms. The topological polar surface area (TPSA) is 51.7 Å². The lowest BCUT2D eigenvalue weighted by Gasteiger charge is -2.32. The Morgan fingerprint density at radius 3 is 2.89 bits per heavy atom. The Bertz CT molecular complexity index is 439. The number of thiazole rings is 1. The Morgan fingerprint density at radius 1 is 1.56 bits per heavy atom. The number of rotatable bonds is 1. The van der Waals surface area contributed by atoms with Gasteiger partial charge in [0.2, 0.25) is 0 Å². The second-order valence-corrected chi connectivity index (χ2v) is 6.13. The summed E-state index contributed by atoms with van der Waals surface area (Å²) in [4.78, 5) is 19.1. The van der Waals surface area contributed by atoms with Gasteiger partial charge in [0.25, 0.3) is 0 Å². The lowest BCUT2D eigenvalue weighted by molar-refractivity contribution is 0.000582. The van der Waals surface area contributed by atoms with Crippen molar-refractivity contribution in [1.82, 2.24) is 9.88 Å². The van der Waals surface area contributed by atoms with Gasteiger partial charge in [-0.3, -0.25) is 4.90 Å². The fourth-order valence-corrected chi connectivity index (χ4v) is 2.70. The quantitative estimate of drug-likeness (QED) is 0.787. The first-order chi connectivity index (χ1) is 8.40. The van der Waals surface area contributed by atoms with Crippen LogP contribution in [0.2, 0.25) is 0 Å². The van der Waals surface area contributed by atoms with Crippen LogP contribution in [-0.4, -0.2) is 35.2 Å². The molecular formula is C12H18N2O3S. The summed E-state index contributed by atoms with van der Waals surface area (Å²) in [5.74, 6) is 0. The molecule has 18 heavy (non-hydrogen) atoms. The van der Waals surface area contributed by atoms with E-state index in [0.29, 0.717) is 13.1 Å². The molecule has 0 saturated carbocycles. The van der Waals surface area contributed by atoms with E-state index in [1.54, 1.807) is 28.9 Å². The number of aromatic nitrogens is 1. The number of ether oxygens (including phenoxy) is 2. The highest BCUT2D eigenvalue weighted by Gasteiger charge is 2.32. The van der Waals surface area contributed by atoms with E-state index >= 15 is 0 Å². The third-order valence-corrected chi connectivity index (χ3v) is 3.59. The highest BCUT2D eigenvalue weighted by molar-refractivity contribution is 7.09. The van der Waals surface area contributed by atoms with Gasteiger partial charge in [0.15, 0.2) is 0 Å². The minimum atomic E-state index is -0.484. The van der Waals surface area contributed by atoms with Crippen LogP contribution < -0.4 is 0 Å². The lowest BCUT2D eigenvalue weighted by atomic mass is 10.1. The van der Waals surface area contributed by atoms with Crippen LogP contribution in [0.15, 0.2) is 5.51 Å². The minimum absolute atomic E-state index is 0.103. The molecule has 2 rings (SSSR count). The molecule has 1 atom stereocenters. The summed E-state index contributed by atoms with van der Waals surface area (Å²) in [6.07, 6.45) is -0.419. The third kappa shape index (κ3) is 2.81. The van der Waals surface area contributed by atoms with Crippen LogP contribution in [-0.2, 0) is 16.0 Å². The zero-order valence-corrected chi connectivity index (χ0v) is 11.9. The molecule has 5 nitrogen and oxygen atoms in total. The number of fused-ring (bicyclic) bond motifs is 1. The van der Waals surface area contributed by atoms with E-state index in [1.165, 1.54) is 0 Å². The summed E-state index contributed by atoms with van der Waals surface area (Å²) in [5, 5.41) is 0. The fraction of sp³-hybridized carbons (Fsp3) is 0.667. The minimum Gasteiger partial charge on any atom is -0.444 e. The molecule has 0 spiro atoms. The van der Waals surface area contributed by atoms with E-state index in [4.69, 9.17) is 9.47 Å². The number of hydrogen-bond acceptors (Lipinski definition) is 5. The van der Waals surface area contributed by atoms with Gasteiger partial charge in [0, 0.05) is 7.11 Å². The molecule has 1 aliphatic rings. The summed E-state index contributed by atoms with van der Waals surface area (Å²) >= 11 is 1.57. The van der Waals surface area contributed by atoms with Gasteiger partial charge in [0.1, 0.15) is 11.7 Å². The molecule has 1 aliphatic heterocycles. The van der Waals surface area contributed by atoms with Gasteiger partial charge < -0.3 is 9.47 Å². The molecule has 1 unspecified atom stereocenters. The van der Waals surface area contributed by atoms with Crippen LogP contribution in [0.4, 0.5) is 4.79 Å². The Hall–Kier alpha value is -1.14. The summed E-state index contributed by atoms with van der Waals surface area (Å²) < 4.78 is 10.8. The number of amides is 1. The zero-order chi connectivity index (χ0) is 13.3. The van der Waals surface area contributed by atoms with Gasteiger partial charge >= 0.3 is 6.09 Å². The highest BCUT2D eigenvalue weighted by atomic mass is 32.1. The summed E-state index contributed by atoms with van der Waals surface area (Å²) in [7, 11) is 1.65. The summed E-state index contributed by atoms with van der Waals surface area (Å²) in [6.45, 7) is 6.58. The molecule has 0 aromatic carbocycles. The van der Waals surface area contributed by atoms with Crippen LogP contribution >= 0.6 is 11.3 Å². The molecule has 100 valence electrons. The van der Waals surface area contributed by atoms with Crippen molar-refractivity contribution in [3.8, 4) is 0 Å². The van der Waals surface area contributed by atoms with Crippen LogP contribution in [0.1, 0.15) is 37.4 Å². The second-order valence-electron chi connectivity index (χ2n) is 5.25. The van der Waals surface area contributed by atoms with Crippen LogP contribution in [0, 0.1) is 0 Å². The Morgan fingerprint density at radius 2 is 2.28 bits per heavy atom. The molecule has 1 aromatic rings. The average Bonchev–Trinajstić information content (AvgIpc) is 2.73. The first kappa shape index (κ1) is 13.3. The van der Waals surface area contributed by atoms with E-state index in [-0.39, 0.29) is 12.2 Å². The van der Waals surface area contributed by atoms with E-state index in [1.807, 2.05) is 20.8 Å². The summed E-state index contributed by atoms with van der Waals surface area (Å²) in [6, 6.07) is 0. The number of carbonyl (C=O) groups excluding carboxylic acids is 1. The van der Waals surface area contributed by atoms with Crippen molar-refractivity contribution in [3.63, 3.8) is 0 Å². The third-order valence-electron chi connectivity index (χ3n) is 2.63. The Labute approximate surface area is 111 Å². The molecule has 0 fully saturated rings. The molecule has 0 aliphatic carbocycles. The lowest BCUT2D eigenvalue weighted by Crippen LogP contribution is -2.41. The van der Waals surface area contributed by atoms with E-state index < -0.39 is 5.60 Å². The molecule has 1 amide bonds. The van der Waals surface area contributed by atoms with E-state index in [9.17, 15) is 4.79 Å². The Kier molecular flexibility index (Phi) is 3.59. The van der Waals surface area contributed by atoms with Crippen LogP contribution in [0.5, 0.6) is 0 Å². The average molecular weight is 270 g/mol. The summed E-state index contributed by atoms with van der Waals surface area (Å²) in [5.41, 5.74) is 2.21. The van der Waals surface area contributed by atoms with E-state index in [0.717, 1.165) is 10.6 Å². The van der Waals surface area contributed by atoms with Crippen molar-refractivity contribution >= 4 is 17.4 Å². The van der Waals surface area contributed by atoms with Crippen molar-refractivity contribution in [1.29, 1.82) is 0 Å². The number of hydrogen-bond donors (Lipinski definition) is 0. The van der Waals surface area contributed by atoms with Crippen molar-refractivity contribution in [2.24, 2.45) is 0 Å². The van der Waals surface area contributed by atoms with Gasteiger partial charge in [-0.1, -0.05) is 0 Å². The maximum Gasteiger partial charge on any atom is 0.410 e. The van der Waals surface area contributed by atoms with Crippen LogP contribution in [0.3, 0.4) is 0 Å². The SMILES string of the molecule is COC1CN(C(=O)OC(C)(C)C)Cc2ncsc21. The second kappa shape index (κ2) is 4.85. The van der Waals surface area contributed by atoms with Crippen LogP contribution in [0.25, 0.3) is 0 Å². The molecular weight excluding hydrogens is 252 g/mol. The highest BCUT2D eigenvalue weighted by Crippen LogP contribution is 2.31. The van der Waals surface area contributed by atoms with Crippen molar-refractivity contribution in [2.75, 3.05) is 13.7 Å². The van der Waals surface area contributed by atoms with Crippen molar-refractivity contribution in [2.45, 2.75) is 39.0 Å². The largest absolute Gasteiger partial charge is 0.444 e. The van der Waals surface area contributed by atoms with E-state index in [2.05, 4.69) is 4.98 Å². The van der Waals surface area contributed by atoms with Gasteiger partial charge in [-0.05, 0) is 20.8 Å². The number of nitrogens with zero attached hydrogens (tertiary/aromatic N) is 2. The molecule has 1 aromatic heterocycles. The molecule has 0 saturated heterocycles. The Balaban J connectivity index is 2.12. The van der Waals surface area contributed by atoms with Gasteiger partial charge in [-0.15, -0.1) is 11.3 Å². The maximum absolute atomic E-state index is 12.0. The monoisotopic (exact) mass is 270 g/mol. The molecule has 0 N–H and O–H groups in total. The maximum atomic E-state index is 12.0. The van der Waals surface area contributed by atoms with Gasteiger partial charge in [-0.2, -0.15) is 0 Å². The first-order valence-corrected chi connectivity index (χ1v) is 6.71. The van der Waals surface area contributed by atoms with Crippen molar-refractivity contribution < 1.29 is 14.3 Å². The van der Waals surface area contributed by atoms with Gasteiger partial charge in [-0.25, -0.2) is 9.78 Å². The van der Waals surface area contributed by atoms with Gasteiger partial charge in [0.05, 0.1) is 29.2 Å². The fourth-order valence-electron chi connectivity index (χ4n) is 1.83. The predicted octanol–water partition coefficient (Wildman–Crippen LogP) is 2.58. The number of methoxy groups -OCH3 is 1. The first-order valence-electron chi connectivity index (χ1n) is 5.83.